The predicted octanol–water partition coefficient (Wildman–Crippen LogP) is 3.12. The number of fused-ring (bicyclic) bond motifs is 1. The van der Waals surface area contributed by atoms with Crippen LogP contribution in [0.25, 0.3) is 16.7 Å². The summed E-state index contributed by atoms with van der Waals surface area (Å²) in [5.41, 5.74) is 1.15. The van der Waals surface area contributed by atoms with Crippen molar-refractivity contribution in [1.29, 1.82) is 0 Å². The van der Waals surface area contributed by atoms with Crippen LogP contribution in [-0.4, -0.2) is 25.2 Å². The summed E-state index contributed by atoms with van der Waals surface area (Å²) in [6.07, 6.45) is 2.69. The first-order chi connectivity index (χ1) is 13.5. The van der Waals surface area contributed by atoms with Gasteiger partial charge in [0.25, 0.3) is 5.56 Å². The Morgan fingerprint density at radius 3 is 2.54 bits per heavy atom. The summed E-state index contributed by atoms with van der Waals surface area (Å²) in [7, 11) is 0. The summed E-state index contributed by atoms with van der Waals surface area (Å²) in [5.74, 6) is -0.719. The fraction of sp³-hybridized carbons (Fsp3) is 0.0526. The molecule has 0 bridgehead atoms. The molecule has 1 N–H and O–H groups in total. The van der Waals surface area contributed by atoms with Crippen molar-refractivity contribution >= 4 is 38.6 Å². The maximum Gasteiger partial charge on any atom is 0.264 e. The lowest BCUT2D eigenvalue weighted by Gasteiger charge is -2.08. The number of halogens is 2. The molecule has 0 atom stereocenters. The molecule has 0 aliphatic heterocycles. The Morgan fingerprint density at radius 2 is 1.82 bits per heavy atom. The topological polar surface area (TPSA) is 81.8 Å². The average Bonchev–Trinajstić information content (AvgIpc) is 3.11. The fourth-order valence-corrected chi connectivity index (χ4v) is 2.99. The summed E-state index contributed by atoms with van der Waals surface area (Å²) in [5, 5.41) is 7.16. The zero-order chi connectivity index (χ0) is 19.7. The second-order valence-electron chi connectivity index (χ2n) is 6.00. The largest absolute Gasteiger partial charge is 0.325 e. The Kier molecular flexibility index (Phi) is 4.74. The summed E-state index contributed by atoms with van der Waals surface area (Å²) in [4.78, 5) is 29.2. The molecule has 9 heteroatoms. The highest BCUT2D eigenvalue weighted by Crippen LogP contribution is 2.15. The number of anilines is 1. The molecule has 0 fully saturated rings. The molecule has 4 aromatic rings. The SMILES string of the molecule is O=C(Cn1cnc2c(cnn2-c2ccc(F)cc2)c1=O)Nc1ccc(Br)cc1. The lowest BCUT2D eigenvalue weighted by atomic mass is 10.3. The van der Waals surface area contributed by atoms with E-state index in [1.54, 1.807) is 36.4 Å². The quantitative estimate of drug-likeness (QED) is 0.527. The van der Waals surface area contributed by atoms with Gasteiger partial charge in [-0.25, -0.2) is 14.1 Å². The molecule has 0 unspecified atom stereocenters. The molecule has 0 saturated heterocycles. The van der Waals surface area contributed by atoms with Crippen molar-refractivity contribution in [2.24, 2.45) is 0 Å². The van der Waals surface area contributed by atoms with Gasteiger partial charge >= 0.3 is 0 Å². The van der Waals surface area contributed by atoms with Crippen molar-refractivity contribution in [2.45, 2.75) is 6.54 Å². The van der Waals surface area contributed by atoms with Gasteiger partial charge < -0.3 is 5.32 Å². The number of amides is 1. The smallest absolute Gasteiger partial charge is 0.264 e. The molecule has 2 aromatic carbocycles. The van der Waals surface area contributed by atoms with Gasteiger partial charge in [0.05, 0.1) is 11.9 Å². The van der Waals surface area contributed by atoms with E-state index in [2.05, 4.69) is 31.3 Å². The minimum absolute atomic E-state index is 0.181. The molecule has 28 heavy (non-hydrogen) atoms. The standard InChI is InChI=1S/C19H13BrFN5O2/c20-12-1-5-14(6-2-12)24-17(27)10-25-11-22-18-16(19(25)28)9-23-26(18)15-7-3-13(21)4-8-15/h1-9,11H,10H2,(H,24,27). The molecule has 2 aromatic heterocycles. The Balaban J connectivity index is 1.60. The third-order valence-electron chi connectivity index (χ3n) is 4.07. The third-order valence-corrected chi connectivity index (χ3v) is 4.60. The monoisotopic (exact) mass is 441 g/mol. The molecular formula is C19H13BrFN5O2. The van der Waals surface area contributed by atoms with Crippen molar-refractivity contribution in [1.82, 2.24) is 19.3 Å². The molecule has 1 amide bonds. The van der Waals surface area contributed by atoms with Gasteiger partial charge in [-0.05, 0) is 48.5 Å². The fourth-order valence-electron chi connectivity index (χ4n) is 2.72. The molecule has 140 valence electrons. The number of rotatable bonds is 4. The van der Waals surface area contributed by atoms with Crippen LogP contribution in [0.5, 0.6) is 0 Å². The van der Waals surface area contributed by atoms with Gasteiger partial charge in [-0.1, -0.05) is 15.9 Å². The van der Waals surface area contributed by atoms with E-state index in [4.69, 9.17) is 0 Å². The third kappa shape index (κ3) is 3.56. The molecule has 7 nitrogen and oxygen atoms in total. The molecule has 0 saturated carbocycles. The van der Waals surface area contributed by atoms with Crippen LogP contribution in [0.2, 0.25) is 0 Å². The van der Waals surface area contributed by atoms with Gasteiger partial charge in [0.15, 0.2) is 5.65 Å². The van der Waals surface area contributed by atoms with Gasteiger partial charge in [0.1, 0.15) is 24.1 Å². The van der Waals surface area contributed by atoms with Crippen molar-refractivity contribution in [3.8, 4) is 5.69 Å². The summed E-state index contributed by atoms with van der Waals surface area (Å²) >= 11 is 3.33. The van der Waals surface area contributed by atoms with Crippen LogP contribution in [0, 0.1) is 5.82 Å². The first-order valence-electron chi connectivity index (χ1n) is 8.26. The maximum atomic E-state index is 13.1. The molecule has 4 rings (SSSR count). The van der Waals surface area contributed by atoms with E-state index in [0.29, 0.717) is 17.0 Å². The molecule has 0 aliphatic rings. The van der Waals surface area contributed by atoms with Crippen molar-refractivity contribution in [3.05, 3.63) is 81.7 Å². The van der Waals surface area contributed by atoms with Crippen LogP contribution in [0.4, 0.5) is 10.1 Å². The van der Waals surface area contributed by atoms with Crippen molar-refractivity contribution in [2.75, 3.05) is 5.32 Å². The highest BCUT2D eigenvalue weighted by atomic mass is 79.9. The second-order valence-corrected chi connectivity index (χ2v) is 6.92. The number of aromatic nitrogens is 4. The molecule has 0 aliphatic carbocycles. The van der Waals surface area contributed by atoms with Crippen LogP contribution >= 0.6 is 15.9 Å². The first kappa shape index (κ1) is 18.1. The number of hydrogen-bond acceptors (Lipinski definition) is 4. The number of benzene rings is 2. The maximum absolute atomic E-state index is 13.1. The van der Waals surface area contributed by atoms with Crippen molar-refractivity contribution < 1.29 is 9.18 Å². The van der Waals surface area contributed by atoms with E-state index in [1.807, 2.05) is 0 Å². The van der Waals surface area contributed by atoms with Gasteiger partial charge in [-0.3, -0.25) is 14.2 Å². The lowest BCUT2D eigenvalue weighted by molar-refractivity contribution is -0.116. The molecular weight excluding hydrogens is 429 g/mol. The number of hydrogen-bond donors (Lipinski definition) is 1. The Labute approximate surface area is 166 Å². The average molecular weight is 442 g/mol. The number of carbonyl (C=O) groups excluding carboxylic acids is 1. The van der Waals surface area contributed by atoms with Crippen LogP contribution < -0.4 is 10.9 Å². The summed E-state index contributed by atoms with van der Waals surface area (Å²) < 4.78 is 16.7. The summed E-state index contributed by atoms with van der Waals surface area (Å²) in [6.45, 7) is -0.181. The zero-order valence-electron chi connectivity index (χ0n) is 14.3. The molecule has 0 radical (unpaired) electrons. The minimum atomic E-state index is -0.385. The van der Waals surface area contributed by atoms with E-state index in [-0.39, 0.29) is 29.2 Å². The number of carbonyl (C=O) groups is 1. The normalized spacial score (nSPS) is 10.9. The Hall–Kier alpha value is -3.33. The van der Waals surface area contributed by atoms with Crippen LogP contribution in [0.1, 0.15) is 0 Å². The Morgan fingerprint density at radius 1 is 1.11 bits per heavy atom. The second kappa shape index (κ2) is 7.35. The van der Waals surface area contributed by atoms with Gasteiger partial charge in [-0.15, -0.1) is 0 Å². The minimum Gasteiger partial charge on any atom is -0.325 e. The van der Waals surface area contributed by atoms with Crippen LogP contribution in [0.3, 0.4) is 0 Å². The Bertz CT molecular complexity index is 1220. The lowest BCUT2D eigenvalue weighted by Crippen LogP contribution is -2.27. The highest BCUT2D eigenvalue weighted by Gasteiger charge is 2.13. The van der Waals surface area contributed by atoms with Gasteiger partial charge in [-0.2, -0.15) is 5.10 Å². The predicted molar refractivity (Wildman–Crippen MR) is 106 cm³/mol. The zero-order valence-corrected chi connectivity index (χ0v) is 15.9. The van der Waals surface area contributed by atoms with E-state index in [0.717, 1.165) is 4.47 Å². The first-order valence-corrected chi connectivity index (χ1v) is 9.05. The van der Waals surface area contributed by atoms with Crippen LogP contribution in [-0.2, 0) is 11.3 Å². The van der Waals surface area contributed by atoms with E-state index in [9.17, 15) is 14.0 Å². The number of nitrogens with one attached hydrogen (secondary N) is 1. The number of nitrogens with zero attached hydrogens (tertiary/aromatic N) is 4. The molecule has 2 heterocycles. The van der Waals surface area contributed by atoms with Crippen molar-refractivity contribution in [3.63, 3.8) is 0 Å². The highest BCUT2D eigenvalue weighted by molar-refractivity contribution is 9.10. The molecule has 0 spiro atoms. The van der Waals surface area contributed by atoms with Crippen LogP contribution in [0.15, 0.2) is 70.3 Å². The van der Waals surface area contributed by atoms with Gasteiger partial charge in [0.2, 0.25) is 5.91 Å². The van der Waals surface area contributed by atoms with E-state index < -0.39 is 0 Å². The summed E-state index contributed by atoms with van der Waals surface area (Å²) in [6, 6.07) is 12.8. The van der Waals surface area contributed by atoms with Gasteiger partial charge in [0, 0.05) is 10.2 Å². The van der Waals surface area contributed by atoms with E-state index >= 15 is 0 Å². The van der Waals surface area contributed by atoms with E-state index in [1.165, 1.54) is 33.9 Å².